The van der Waals surface area contributed by atoms with Crippen LogP contribution in [0.3, 0.4) is 0 Å². The summed E-state index contributed by atoms with van der Waals surface area (Å²) in [7, 11) is 0. The molecule has 0 radical (unpaired) electrons. The summed E-state index contributed by atoms with van der Waals surface area (Å²) in [4.78, 5) is 2.71. The third-order valence-corrected chi connectivity index (χ3v) is 21.9. The van der Waals surface area contributed by atoms with E-state index >= 15 is 0 Å². The van der Waals surface area contributed by atoms with Gasteiger partial charge in [-0.15, -0.1) is 0 Å². The summed E-state index contributed by atoms with van der Waals surface area (Å²) in [5.74, 6) is 0. The summed E-state index contributed by atoms with van der Waals surface area (Å²) in [5.41, 5.74) is 30.4. The molecule has 0 saturated heterocycles. The Labute approximate surface area is 584 Å². The quantitative estimate of drug-likeness (QED) is 0.138. The molecule has 0 bridgehead atoms. The second-order valence-electron chi connectivity index (χ2n) is 32.1. The molecule has 2 aliphatic rings. The Balaban J connectivity index is 1.04. The van der Waals surface area contributed by atoms with E-state index in [-0.39, 0.29) is 28.4 Å². The average molecular weight is 1280 g/mol. The largest absolute Gasteiger partial charge is 0.310 e. The van der Waals surface area contributed by atoms with Crippen LogP contribution in [0.25, 0.3) is 88.4 Å². The van der Waals surface area contributed by atoms with Crippen LogP contribution in [-0.2, 0) is 27.1 Å². The maximum Gasteiger partial charge on any atom is 0.247 e. The molecule has 3 nitrogen and oxygen atoms in total. The third-order valence-electron chi connectivity index (χ3n) is 21.9. The smallest absolute Gasteiger partial charge is 0.247 e. The number of rotatable bonds is 8. The van der Waals surface area contributed by atoms with Gasteiger partial charge in [-0.2, -0.15) is 0 Å². The molecule has 17 rings (SSSR count). The lowest BCUT2D eigenvalue weighted by Crippen LogP contribution is -2.65. The highest BCUT2D eigenvalue weighted by Crippen LogP contribution is 2.55. The number of benzene rings is 13. The normalized spacial score (nSPS) is 13.7. The minimum absolute atomic E-state index is 0.0407. The van der Waals surface area contributed by atoms with Crippen molar-refractivity contribution in [2.45, 2.75) is 110 Å². The van der Waals surface area contributed by atoms with E-state index < -0.39 is 5.41 Å². The molecule has 13 aromatic carbocycles. The van der Waals surface area contributed by atoms with Crippen LogP contribution in [0.1, 0.15) is 128 Å². The van der Waals surface area contributed by atoms with Gasteiger partial charge in [0.2, 0.25) is 6.71 Å². The van der Waals surface area contributed by atoms with Gasteiger partial charge in [0.1, 0.15) is 0 Å². The van der Waals surface area contributed by atoms with Crippen LogP contribution < -0.4 is 21.3 Å². The van der Waals surface area contributed by atoms with Gasteiger partial charge in [-0.25, -0.2) is 0 Å². The first-order chi connectivity index (χ1) is 47.6. The van der Waals surface area contributed by atoms with Gasteiger partial charge < -0.3 is 14.0 Å². The molecule has 2 aliphatic heterocycles. The Morgan fingerprint density at radius 2 is 0.657 bits per heavy atom. The summed E-state index contributed by atoms with van der Waals surface area (Å²) in [6.07, 6.45) is 0. The SMILES string of the molecule is CC(C)(C)c1ccc2c(c1)c1cc(C(C)(C)C)ccc1n2-c1ccc2c(c1)N(c1c(-c3ccccc3)cccc1-c1ccccc1)c1cc(-c3ccccc3)cc3c1B2c1ccc(-n2c4ccc(C(C)(C)C)cc4c4cc(C(C)(C)C)ccc42)cc1C3(c1ccccc1)c1ccccc1. The van der Waals surface area contributed by atoms with E-state index in [0.717, 1.165) is 61.8 Å². The van der Waals surface area contributed by atoms with Gasteiger partial charge in [-0.05, 0) is 184 Å². The van der Waals surface area contributed by atoms with E-state index in [1.807, 2.05) is 0 Å². The second-order valence-corrected chi connectivity index (χ2v) is 32.1. The van der Waals surface area contributed by atoms with E-state index in [9.17, 15) is 0 Å². The molecule has 4 heteroatoms. The number of aromatic nitrogens is 2. The van der Waals surface area contributed by atoms with Gasteiger partial charge in [-0.3, -0.25) is 0 Å². The van der Waals surface area contributed by atoms with Crippen molar-refractivity contribution in [3.8, 4) is 44.8 Å². The predicted octanol–water partition coefficient (Wildman–Crippen LogP) is 23.1. The monoisotopic (exact) mass is 1280 g/mol. The molecule has 482 valence electrons. The van der Waals surface area contributed by atoms with E-state index in [4.69, 9.17) is 0 Å². The van der Waals surface area contributed by atoms with Gasteiger partial charge in [0.15, 0.2) is 0 Å². The zero-order valence-electron chi connectivity index (χ0n) is 59.1. The summed E-state index contributed by atoms with van der Waals surface area (Å²) in [5, 5.41) is 5.08. The topological polar surface area (TPSA) is 13.1 Å². The molecule has 0 atom stereocenters. The molecule has 4 heterocycles. The Morgan fingerprint density at radius 3 is 1.06 bits per heavy atom. The number of hydrogen-bond donors (Lipinski definition) is 0. The number of fused-ring (bicyclic) bond motifs is 10. The van der Waals surface area contributed by atoms with E-state index in [1.54, 1.807) is 0 Å². The van der Waals surface area contributed by atoms with Gasteiger partial charge in [-0.1, -0.05) is 295 Å². The Kier molecular flexibility index (Phi) is 14.2. The number of hydrogen-bond acceptors (Lipinski definition) is 1. The van der Waals surface area contributed by atoms with Gasteiger partial charge in [0.05, 0.1) is 33.2 Å². The lowest BCUT2D eigenvalue weighted by molar-refractivity contribution is 0.590. The molecular formula is C95H84BN3. The summed E-state index contributed by atoms with van der Waals surface area (Å²) in [6.45, 7) is 27.8. The van der Waals surface area contributed by atoms with Crippen LogP contribution in [0.2, 0.25) is 0 Å². The number of para-hydroxylation sites is 1. The van der Waals surface area contributed by atoms with E-state index in [2.05, 4.69) is 388 Å². The van der Waals surface area contributed by atoms with Gasteiger partial charge in [0, 0.05) is 55.4 Å². The Morgan fingerprint density at radius 1 is 0.283 bits per heavy atom. The van der Waals surface area contributed by atoms with Crippen LogP contribution in [-0.4, -0.2) is 15.8 Å². The van der Waals surface area contributed by atoms with Crippen molar-refractivity contribution in [2.75, 3.05) is 4.90 Å². The van der Waals surface area contributed by atoms with Crippen LogP contribution in [0.4, 0.5) is 17.1 Å². The summed E-state index contributed by atoms with van der Waals surface area (Å²) < 4.78 is 5.13. The first kappa shape index (κ1) is 61.9. The molecule has 99 heavy (non-hydrogen) atoms. The lowest BCUT2D eigenvalue weighted by Gasteiger charge is -2.49. The first-order valence-corrected chi connectivity index (χ1v) is 35.5. The molecule has 0 fully saturated rings. The molecule has 0 aliphatic carbocycles. The van der Waals surface area contributed by atoms with Crippen molar-refractivity contribution in [1.82, 2.24) is 9.13 Å². The maximum atomic E-state index is 2.71. The second kappa shape index (κ2) is 22.7. The Bertz CT molecular complexity index is 5450. The fraction of sp³-hybridized carbons (Fsp3) is 0.179. The molecule has 0 spiro atoms. The molecule has 2 aromatic heterocycles. The number of nitrogens with zero attached hydrogens (tertiary/aromatic N) is 3. The average Bonchev–Trinajstić information content (AvgIpc) is 0.876. The summed E-state index contributed by atoms with van der Waals surface area (Å²) >= 11 is 0. The molecule has 0 N–H and O–H groups in total. The zero-order chi connectivity index (χ0) is 68.1. The molecule has 0 saturated carbocycles. The predicted molar refractivity (Wildman–Crippen MR) is 424 cm³/mol. The van der Waals surface area contributed by atoms with Crippen molar-refractivity contribution in [3.63, 3.8) is 0 Å². The first-order valence-electron chi connectivity index (χ1n) is 35.5. The van der Waals surface area contributed by atoms with Crippen molar-refractivity contribution in [3.05, 3.63) is 336 Å². The fourth-order valence-corrected chi connectivity index (χ4v) is 16.7. The van der Waals surface area contributed by atoms with Crippen LogP contribution >= 0.6 is 0 Å². The summed E-state index contributed by atoms with van der Waals surface area (Å²) in [6, 6.07) is 112. The zero-order valence-corrected chi connectivity index (χ0v) is 59.1. The van der Waals surface area contributed by atoms with E-state index in [0.29, 0.717) is 0 Å². The van der Waals surface area contributed by atoms with Crippen molar-refractivity contribution in [2.24, 2.45) is 0 Å². The van der Waals surface area contributed by atoms with Gasteiger partial charge in [0.25, 0.3) is 0 Å². The highest BCUT2D eigenvalue weighted by Gasteiger charge is 2.52. The number of anilines is 3. The highest BCUT2D eigenvalue weighted by molar-refractivity contribution is 6.99. The minimum Gasteiger partial charge on any atom is -0.310 e. The van der Waals surface area contributed by atoms with Crippen molar-refractivity contribution < 1.29 is 0 Å². The van der Waals surface area contributed by atoms with Crippen LogP contribution in [0.5, 0.6) is 0 Å². The maximum absolute atomic E-state index is 2.71. The molecule has 0 amide bonds. The molecule has 0 unspecified atom stereocenters. The van der Waals surface area contributed by atoms with Gasteiger partial charge >= 0.3 is 0 Å². The van der Waals surface area contributed by atoms with E-state index in [1.165, 1.54) is 105 Å². The third kappa shape index (κ3) is 9.91. The van der Waals surface area contributed by atoms with Crippen LogP contribution in [0, 0.1) is 0 Å². The van der Waals surface area contributed by atoms with Crippen molar-refractivity contribution in [1.29, 1.82) is 0 Å². The molecule has 15 aromatic rings. The lowest BCUT2D eigenvalue weighted by atomic mass is 9.29. The van der Waals surface area contributed by atoms with Crippen LogP contribution in [0.15, 0.2) is 291 Å². The Hall–Kier alpha value is -10.7. The molecular weight excluding hydrogens is 1190 g/mol. The minimum atomic E-state index is -0.845. The standard InChI is InChI=1S/C95H84BN3/c1-91(2,3)67-41-49-83-75(55-67)76-56-68(92(4,5)6)42-50-84(76)97(83)71-45-47-81-79(59-71)95(65-35-24-16-25-36-65,66-37-26-17-27-38-66)80-53-64(61-29-18-13-19-30-61)54-88-89(80)96(81)82-48-46-72(98-85-51-43-69(93(7,8)9)57-77(85)78-58-70(94(10,11)12)44-52-86(78)98)60-87(82)99(88)90-73(62-31-20-14-21-32-62)39-28-40-74(90)63-33-22-15-23-34-63/h13-60H,1-12H3. The van der Waals surface area contributed by atoms with Crippen molar-refractivity contribution >= 4 is 83.8 Å². The highest BCUT2D eigenvalue weighted by atomic mass is 15.2. The fourth-order valence-electron chi connectivity index (χ4n) is 16.7.